The minimum Gasteiger partial charge on any atom is -0.326 e. The summed E-state index contributed by atoms with van der Waals surface area (Å²) in [5.74, 6) is -0.150. The third kappa shape index (κ3) is 3.80. The summed E-state index contributed by atoms with van der Waals surface area (Å²) < 4.78 is 26.6. The molecule has 1 saturated heterocycles. The Labute approximate surface area is 140 Å². The van der Waals surface area contributed by atoms with Crippen molar-refractivity contribution in [2.75, 3.05) is 18.4 Å². The molecule has 2 aromatic rings. The van der Waals surface area contributed by atoms with E-state index in [9.17, 15) is 13.2 Å². The molecule has 1 aliphatic heterocycles. The van der Waals surface area contributed by atoms with Gasteiger partial charge in [0.1, 0.15) is 0 Å². The minimum absolute atomic E-state index is 0.150. The second-order valence-electron chi connectivity index (χ2n) is 5.44. The lowest BCUT2D eigenvalue weighted by Gasteiger charge is -2.16. The lowest BCUT2D eigenvalue weighted by atomic mass is 10.3. The van der Waals surface area contributed by atoms with Crippen LogP contribution in [0, 0.1) is 0 Å². The molecule has 1 N–H and O–H groups in total. The second-order valence-corrected chi connectivity index (χ2v) is 8.41. The van der Waals surface area contributed by atoms with Crippen molar-refractivity contribution in [3.8, 4) is 0 Å². The fourth-order valence-electron chi connectivity index (χ4n) is 2.59. The molecule has 7 heteroatoms. The van der Waals surface area contributed by atoms with Gasteiger partial charge < -0.3 is 5.32 Å². The highest BCUT2D eigenvalue weighted by molar-refractivity contribution is 7.89. The van der Waals surface area contributed by atoms with E-state index in [2.05, 4.69) is 5.32 Å². The molecule has 2 heterocycles. The first kappa shape index (κ1) is 16.2. The Morgan fingerprint density at radius 1 is 1.17 bits per heavy atom. The van der Waals surface area contributed by atoms with E-state index in [1.807, 2.05) is 17.5 Å². The van der Waals surface area contributed by atoms with Crippen molar-refractivity contribution >= 4 is 33.0 Å². The normalized spacial score (nSPS) is 15.7. The fraction of sp³-hybridized carbons (Fsp3) is 0.312. The highest BCUT2D eigenvalue weighted by Crippen LogP contribution is 2.23. The Balaban J connectivity index is 1.73. The molecule has 3 rings (SSSR count). The average molecular weight is 350 g/mol. The number of hydrogen-bond donors (Lipinski definition) is 1. The molecule has 0 bridgehead atoms. The van der Waals surface area contributed by atoms with E-state index in [1.54, 1.807) is 18.2 Å². The van der Waals surface area contributed by atoms with Crippen LogP contribution in [-0.4, -0.2) is 31.7 Å². The van der Waals surface area contributed by atoms with Gasteiger partial charge in [0.15, 0.2) is 0 Å². The Bertz CT molecular complexity index is 779. The highest BCUT2D eigenvalue weighted by Gasteiger charge is 2.27. The molecule has 0 atom stereocenters. The van der Waals surface area contributed by atoms with Crippen LogP contribution < -0.4 is 5.32 Å². The summed E-state index contributed by atoms with van der Waals surface area (Å²) in [5, 5.41) is 4.69. The molecule has 1 amide bonds. The van der Waals surface area contributed by atoms with Crippen molar-refractivity contribution in [3.63, 3.8) is 0 Å². The minimum atomic E-state index is -3.46. The Morgan fingerprint density at radius 3 is 2.65 bits per heavy atom. The highest BCUT2D eigenvalue weighted by atomic mass is 32.2. The van der Waals surface area contributed by atoms with Gasteiger partial charge in [0.05, 0.1) is 11.3 Å². The quantitative estimate of drug-likeness (QED) is 0.902. The van der Waals surface area contributed by atoms with E-state index in [-0.39, 0.29) is 10.8 Å². The van der Waals surface area contributed by atoms with Crippen LogP contribution in [0.15, 0.2) is 46.7 Å². The van der Waals surface area contributed by atoms with Crippen LogP contribution in [-0.2, 0) is 21.2 Å². The number of hydrogen-bond acceptors (Lipinski definition) is 4. The summed E-state index contributed by atoms with van der Waals surface area (Å²) in [4.78, 5) is 13.2. The Kier molecular flexibility index (Phi) is 4.79. The van der Waals surface area contributed by atoms with Crippen molar-refractivity contribution in [1.29, 1.82) is 0 Å². The number of nitrogens with one attached hydrogen (secondary N) is 1. The fourth-order valence-corrected chi connectivity index (χ4v) is 4.86. The predicted molar refractivity (Wildman–Crippen MR) is 91.1 cm³/mol. The van der Waals surface area contributed by atoms with Gasteiger partial charge in [-0.3, -0.25) is 4.79 Å². The molecule has 1 aliphatic rings. The predicted octanol–water partition coefficient (Wildman–Crippen LogP) is 2.71. The van der Waals surface area contributed by atoms with Crippen molar-refractivity contribution < 1.29 is 13.2 Å². The van der Waals surface area contributed by atoms with Crippen LogP contribution in [0.2, 0.25) is 0 Å². The van der Waals surface area contributed by atoms with Crippen LogP contribution in [0.3, 0.4) is 0 Å². The number of carbonyl (C=O) groups is 1. The maximum absolute atomic E-state index is 12.5. The molecular weight excluding hydrogens is 332 g/mol. The first-order valence-electron chi connectivity index (χ1n) is 7.48. The van der Waals surface area contributed by atoms with Crippen molar-refractivity contribution in [3.05, 3.63) is 46.7 Å². The number of thiophene rings is 1. The van der Waals surface area contributed by atoms with E-state index in [1.165, 1.54) is 21.7 Å². The van der Waals surface area contributed by atoms with Crippen molar-refractivity contribution in [1.82, 2.24) is 4.31 Å². The van der Waals surface area contributed by atoms with Crippen LogP contribution >= 0.6 is 11.3 Å². The molecule has 5 nitrogen and oxygen atoms in total. The molecule has 1 aromatic heterocycles. The van der Waals surface area contributed by atoms with E-state index >= 15 is 0 Å². The summed E-state index contributed by atoms with van der Waals surface area (Å²) >= 11 is 1.52. The molecule has 0 unspecified atom stereocenters. The van der Waals surface area contributed by atoms with Gasteiger partial charge in [-0.2, -0.15) is 4.31 Å². The van der Waals surface area contributed by atoms with E-state index < -0.39 is 10.0 Å². The van der Waals surface area contributed by atoms with Gasteiger partial charge in [0.2, 0.25) is 15.9 Å². The zero-order valence-electron chi connectivity index (χ0n) is 12.6. The maximum atomic E-state index is 12.5. The van der Waals surface area contributed by atoms with Crippen molar-refractivity contribution in [2.24, 2.45) is 0 Å². The number of anilines is 1. The van der Waals surface area contributed by atoms with Crippen LogP contribution in [0.25, 0.3) is 0 Å². The molecule has 1 fully saturated rings. The van der Waals surface area contributed by atoms with E-state index in [0.717, 1.165) is 17.7 Å². The Morgan fingerprint density at radius 2 is 1.96 bits per heavy atom. The smallest absolute Gasteiger partial charge is 0.243 e. The summed E-state index contributed by atoms with van der Waals surface area (Å²) in [6.45, 7) is 1.13. The first-order chi connectivity index (χ1) is 11.1. The lowest BCUT2D eigenvalue weighted by Crippen LogP contribution is -2.28. The van der Waals surface area contributed by atoms with E-state index in [4.69, 9.17) is 0 Å². The molecule has 1 aromatic carbocycles. The summed E-state index contributed by atoms with van der Waals surface area (Å²) in [7, 11) is -3.46. The third-order valence-corrected chi connectivity index (χ3v) is 6.51. The number of benzene rings is 1. The zero-order chi connectivity index (χ0) is 16.3. The van der Waals surface area contributed by atoms with Gasteiger partial charge in [-0.25, -0.2) is 8.42 Å². The molecule has 0 spiro atoms. The van der Waals surface area contributed by atoms with Gasteiger partial charge in [0, 0.05) is 23.7 Å². The SMILES string of the molecule is O=C(Cc1cccs1)Nc1cccc(S(=O)(=O)N2CCCC2)c1. The summed E-state index contributed by atoms with van der Waals surface area (Å²) in [6, 6.07) is 10.3. The lowest BCUT2D eigenvalue weighted by molar-refractivity contribution is -0.115. The number of nitrogens with zero attached hydrogens (tertiary/aromatic N) is 1. The van der Waals surface area contributed by atoms with Crippen molar-refractivity contribution in [2.45, 2.75) is 24.2 Å². The molecule has 0 aliphatic carbocycles. The van der Waals surface area contributed by atoms with Crippen LogP contribution in [0.4, 0.5) is 5.69 Å². The van der Waals surface area contributed by atoms with E-state index in [0.29, 0.717) is 25.2 Å². The monoisotopic (exact) mass is 350 g/mol. The number of sulfonamides is 1. The largest absolute Gasteiger partial charge is 0.326 e. The maximum Gasteiger partial charge on any atom is 0.243 e. The first-order valence-corrected chi connectivity index (χ1v) is 9.80. The van der Waals surface area contributed by atoms with Gasteiger partial charge in [-0.1, -0.05) is 12.1 Å². The van der Waals surface area contributed by atoms with Crippen LogP contribution in [0.5, 0.6) is 0 Å². The third-order valence-electron chi connectivity index (χ3n) is 3.74. The molecule has 0 radical (unpaired) electrons. The van der Waals surface area contributed by atoms with Gasteiger partial charge in [-0.05, 0) is 42.5 Å². The molecule has 122 valence electrons. The summed E-state index contributed by atoms with van der Waals surface area (Å²) in [5.41, 5.74) is 0.506. The molecular formula is C16H18N2O3S2. The number of carbonyl (C=O) groups excluding carboxylic acids is 1. The summed E-state index contributed by atoms with van der Waals surface area (Å²) in [6.07, 6.45) is 2.09. The van der Waals surface area contributed by atoms with Crippen LogP contribution in [0.1, 0.15) is 17.7 Å². The standard InChI is InChI=1S/C16H18N2O3S2/c19-16(12-14-6-4-10-22-14)17-13-5-3-7-15(11-13)23(20,21)18-8-1-2-9-18/h3-7,10-11H,1-2,8-9,12H2,(H,17,19). The average Bonchev–Trinajstić information content (AvgIpc) is 3.20. The molecule has 0 saturated carbocycles. The number of rotatable bonds is 5. The topological polar surface area (TPSA) is 66.5 Å². The number of amides is 1. The Hall–Kier alpha value is -1.70. The zero-order valence-corrected chi connectivity index (χ0v) is 14.2. The second kappa shape index (κ2) is 6.82. The molecule has 23 heavy (non-hydrogen) atoms. The van der Waals surface area contributed by atoms with Gasteiger partial charge in [-0.15, -0.1) is 11.3 Å². The van der Waals surface area contributed by atoms with Gasteiger partial charge in [0.25, 0.3) is 0 Å². The van der Waals surface area contributed by atoms with Gasteiger partial charge >= 0.3 is 0 Å².